The number of carbonyl (C=O) groups excluding carboxylic acids is 2. The summed E-state index contributed by atoms with van der Waals surface area (Å²) in [5.74, 6) is -0.493. The number of esters is 1. The maximum atomic E-state index is 13.3. The highest BCUT2D eigenvalue weighted by Crippen LogP contribution is 2.18. The lowest BCUT2D eigenvalue weighted by Gasteiger charge is -2.24. The van der Waals surface area contributed by atoms with Crippen molar-refractivity contribution in [1.82, 2.24) is 5.32 Å². The van der Waals surface area contributed by atoms with Crippen molar-refractivity contribution in [3.63, 3.8) is 0 Å². The van der Waals surface area contributed by atoms with Gasteiger partial charge in [0.2, 0.25) is 5.91 Å². The highest BCUT2D eigenvalue weighted by molar-refractivity contribution is 5.77. The molecule has 1 amide bonds. The van der Waals surface area contributed by atoms with Gasteiger partial charge in [0.1, 0.15) is 6.10 Å². The van der Waals surface area contributed by atoms with Crippen LogP contribution in [0.5, 0.6) is 0 Å². The Morgan fingerprint density at radius 2 is 0.773 bits per heavy atom. The topological polar surface area (TPSA) is 95.9 Å². The van der Waals surface area contributed by atoms with E-state index < -0.39 is 18.2 Å². The van der Waals surface area contributed by atoms with Gasteiger partial charge in [-0.25, -0.2) is 0 Å². The number of nitrogens with one attached hydrogen (secondary N) is 1. The van der Waals surface area contributed by atoms with Crippen LogP contribution in [-0.2, 0) is 14.3 Å². The van der Waals surface area contributed by atoms with E-state index in [-0.39, 0.29) is 24.9 Å². The Kier molecular flexibility index (Phi) is 52.0. The molecule has 3 unspecified atom stereocenters. The van der Waals surface area contributed by atoms with Crippen LogP contribution in [0.25, 0.3) is 0 Å². The monoisotopic (exact) mass is 926 g/mol. The van der Waals surface area contributed by atoms with Crippen molar-refractivity contribution in [3.8, 4) is 0 Å². The average Bonchev–Trinajstić information content (AvgIpc) is 3.31. The summed E-state index contributed by atoms with van der Waals surface area (Å²) in [4.78, 5) is 26.3. The van der Waals surface area contributed by atoms with Crippen LogP contribution in [0, 0.1) is 0 Å². The quantitative estimate of drug-likeness (QED) is 0.0321. The van der Waals surface area contributed by atoms with Crippen LogP contribution in [0.3, 0.4) is 0 Å². The van der Waals surface area contributed by atoms with Gasteiger partial charge in [-0.15, -0.1) is 0 Å². The molecule has 0 spiro atoms. The zero-order valence-corrected chi connectivity index (χ0v) is 44.1. The lowest BCUT2D eigenvalue weighted by atomic mass is 10.0. The molecule has 3 N–H and O–H groups in total. The van der Waals surface area contributed by atoms with Gasteiger partial charge in [0.15, 0.2) is 0 Å². The van der Waals surface area contributed by atoms with Crippen LogP contribution < -0.4 is 5.32 Å². The fourth-order valence-corrected chi connectivity index (χ4v) is 8.73. The third kappa shape index (κ3) is 48.3. The maximum absolute atomic E-state index is 13.3. The zero-order valence-electron chi connectivity index (χ0n) is 44.1. The molecule has 0 rings (SSSR count). The van der Waals surface area contributed by atoms with Crippen LogP contribution in [-0.4, -0.2) is 46.9 Å². The molecule has 0 saturated carbocycles. The molecule has 6 heteroatoms. The number of amides is 1. The van der Waals surface area contributed by atoms with Crippen molar-refractivity contribution in [2.24, 2.45) is 0 Å². The normalized spacial score (nSPS) is 13.5. The number of allylic oxidation sites excluding steroid dienone is 8. The van der Waals surface area contributed by atoms with Crippen LogP contribution in [0.2, 0.25) is 0 Å². The van der Waals surface area contributed by atoms with Gasteiger partial charge in [-0.2, -0.15) is 0 Å². The maximum Gasteiger partial charge on any atom is 0.306 e. The first kappa shape index (κ1) is 63.8. The summed E-state index contributed by atoms with van der Waals surface area (Å²) in [5.41, 5.74) is 0. The van der Waals surface area contributed by atoms with Gasteiger partial charge in [0.05, 0.1) is 25.2 Å². The summed E-state index contributed by atoms with van der Waals surface area (Å²) in [6, 6.07) is -0.709. The predicted molar refractivity (Wildman–Crippen MR) is 287 cm³/mol. The zero-order chi connectivity index (χ0) is 48.1. The number of hydrogen-bond acceptors (Lipinski definition) is 5. The fourth-order valence-electron chi connectivity index (χ4n) is 8.73. The van der Waals surface area contributed by atoms with Crippen LogP contribution in [0.4, 0.5) is 0 Å². The van der Waals surface area contributed by atoms with E-state index in [4.69, 9.17) is 4.74 Å². The molecule has 3 atom stereocenters. The molecular formula is C60H111NO5. The van der Waals surface area contributed by atoms with Gasteiger partial charge in [-0.05, 0) is 89.9 Å². The minimum absolute atomic E-state index is 0.0629. The van der Waals surface area contributed by atoms with Crippen LogP contribution in [0.15, 0.2) is 48.6 Å². The summed E-state index contributed by atoms with van der Waals surface area (Å²) >= 11 is 0. The molecule has 0 aliphatic carbocycles. The molecule has 0 fully saturated rings. The molecule has 0 aliphatic heterocycles. The smallest absolute Gasteiger partial charge is 0.306 e. The Balaban J connectivity index is 4.57. The molecule has 0 bridgehead atoms. The average molecular weight is 927 g/mol. The van der Waals surface area contributed by atoms with E-state index in [9.17, 15) is 19.8 Å². The van der Waals surface area contributed by atoms with E-state index in [1.807, 2.05) is 0 Å². The lowest BCUT2D eigenvalue weighted by Crippen LogP contribution is -2.46. The predicted octanol–water partition coefficient (Wildman–Crippen LogP) is 17.8. The number of rotatable bonds is 52. The molecule has 6 nitrogen and oxygen atoms in total. The van der Waals surface area contributed by atoms with Crippen molar-refractivity contribution in [1.29, 1.82) is 0 Å². The van der Waals surface area contributed by atoms with Gasteiger partial charge >= 0.3 is 5.97 Å². The molecule has 0 aromatic rings. The van der Waals surface area contributed by atoms with E-state index >= 15 is 0 Å². The highest BCUT2D eigenvalue weighted by atomic mass is 16.5. The number of hydrogen-bond donors (Lipinski definition) is 3. The summed E-state index contributed by atoms with van der Waals surface area (Å²) in [5, 5.41) is 23.9. The first-order chi connectivity index (χ1) is 32.5. The van der Waals surface area contributed by atoms with Crippen molar-refractivity contribution >= 4 is 11.9 Å². The number of aliphatic hydroxyl groups excluding tert-OH is 2. The van der Waals surface area contributed by atoms with E-state index in [0.717, 1.165) is 89.9 Å². The van der Waals surface area contributed by atoms with Gasteiger partial charge in [-0.1, -0.05) is 243 Å². The number of carbonyl (C=O) groups is 2. The van der Waals surface area contributed by atoms with Crippen molar-refractivity contribution < 1.29 is 24.5 Å². The van der Waals surface area contributed by atoms with Gasteiger partial charge < -0.3 is 20.3 Å². The van der Waals surface area contributed by atoms with Crippen LogP contribution in [0.1, 0.15) is 297 Å². The molecule has 386 valence electrons. The second kappa shape index (κ2) is 53.8. The van der Waals surface area contributed by atoms with Crippen molar-refractivity contribution in [2.75, 3.05) is 6.61 Å². The molecule has 0 aromatic carbocycles. The van der Waals surface area contributed by atoms with Gasteiger partial charge in [-0.3, -0.25) is 9.59 Å². The Labute approximate surface area is 410 Å². The third-order valence-corrected chi connectivity index (χ3v) is 13.1. The second-order valence-electron chi connectivity index (χ2n) is 19.7. The number of unbranched alkanes of at least 4 members (excludes halogenated alkanes) is 32. The van der Waals surface area contributed by atoms with E-state index in [1.54, 1.807) is 0 Å². The Bertz CT molecular complexity index is 1130. The summed E-state index contributed by atoms with van der Waals surface area (Å²) in [7, 11) is 0. The fraction of sp³-hybridized carbons (Fsp3) is 0.833. The van der Waals surface area contributed by atoms with Gasteiger partial charge in [0.25, 0.3) is 0 Å². The Morgan fingerprint density at radius 1 is 0.439 bits per heavy atom. The summed E-state index contributed by atoms with van der Waals surface area (Å²) < 4.78 is 5.95. The highest BCUT2D eigenvalue weighted by Gasteiger charge is 2.24. The first-order valence-electron chi connectivity index (χ1n) is 28.9. The largest absolute Gasteiger partial charge is 0.462 e. The molecule has 66 heavy (non-hydrogen) atoms. The molecule has 0 aliphatic rings. The lowest BCUT2D eigenvalue weighted by molar-refractivity contribution is -0.151. The van der Waals surface area contributed by atoms with Crippen molar-refractivity contribution in [2.45, 2.75) is 315 Å². The van der Waals surface area contributed by atoms with Gasteiger partial charge in [0, 0.05) is 6.42 Å². The first-order valence-corrected chi connectivity index (χ1v) is 28.9. The number of ether oxygens (including phenoxy) is 1. The molecule has 0 radical (unpaired) electrons. The Hall–Kier alpha value is -2.18. The van der Waals surface area contributed by atoms with E-state index in [2.05, 4.69) is 74.7 Å². The standard InChI is InChI=1S/C60H111NO5/c1-4-7-10-13-16-19-22-25-28-29-30-31-32-35-38-41-44-47-50-53-60(65)66-56(51-48-45-42-39-36-33-26-23-20-17-14-11-8-5-2)54-59(64)61-57(55-62)58(63)52-49-46-43-40-37-34-27-24-21-18-15-12-9-6-3/h16,19,25,28,30-31,33,36,56-58,62-63H,4-15,17-18,20-24,26-27,29,32,34-35,37-55H2,1-3H3,(H,61,64)/b19-16-,28-25-,31-30-,36-33+. The minimum Gasteiger partial charge on any atom is -0.462 e. The van der Waals surface area contributed by atoms with Crippen molar-refractivity contribution in [3.05, 3.63) is 48.6 Å². The Morgan fingerprint density at radius 3 is 1.23 bits per heavy atom. The summed E-state index contributed by atoms with van der Waals surface area (Å²) in [6.07, 6.45) is 66.0. The second-order valence-corrected chi connectivity index (χ2v) is 19.7. The minimum atomic E-state index is -0.794. The molecular weight excluding hydrogens is 815 g/mol. The molecule has 0 heterocycles. The van der Waals surface area contributed by atoms with Crippen LogP contribution >= 0.6 is 0 Å². The van der Waals surface area contributed by atoms with E-state index in [1.165, 1.54) is 161 Å². The SMILES string of the molecule is CCCCC/C=C\C/C=C\C/C=C\CCCCCCCCC(=O)OC(CCCCC/C=C/CCCCCCCCC)CC(=O)NC(CO)C(O)CCCCCCCCCCCCCCCC. The van der Waals surface area contributed by atoms with E-state index in [0.29, 0.717) is 19.3 Å². The molecule has 0 aromatic heterocycles. The number of aliphatic hydroxyl groups is 2. The third-order valence-electron chi connectivity index (χ3n) is 13.1. The molecule has 0 saturated heterocycles. The summed E-state index contributed by atoms with van der Waals surface area (Å²) in [6.45, 7) is 6.47.